The van der Waals surface area contributed by atoms with Crippen molar-refractivity contribution in [1.82, 2.24) is 0 Å². The third-order valence-corrected chi connectivity index (χ3v) is 4.17. The molecule has 1 atom stereocenters. The fourth-order valence-electron chi connectivity index (χ4n) is 2.78. The van der Waals surface area contributed by atoms with Crippen molar-refractivity contribution in [1.29, 1.82) is 0 Å². The molecule has 0 N–H and O–H groups in total. The summed E-state index contributed by atoms with van der Waals surface area (Å²) in [7, 11) is 0. The van der Waals surface area contributed by atoms with Gasteiger partial charge in [-0.1, -0.05) is 58.8 Å². The Balaban J connectivity index is 2.40. The number of esters is 1. The van der Waals surface area contributed by atoms with Crippen molar-refractivity contribution in [2.75, 3.05) is 0 Å². The van der Waals surface area contributed by atoms with Crippen LogP contribution in [0, 0.1) is 11.6 Å². The van der Waals surface area contributed by atoms with Crippen LogP contribution >= 0.6 is 0 Å². The van der Waals surface area contributed by atoms with Crippen LogP contribution in [0.15, 0.2) is 18.2 Å². The normalized spacial score (nSPS) is 12.2. The first-order valence-electron chi connectivity index (χ1n) is 9.24. The van der Waals surface area contributed by atoms with Gasteiger partial charge in [0, 0.05) is 6.07 Å². The molecule has 0 aliphatic heterocycles. The summed E-state index contributed by atoms with van der Waals surface area (Å²) in [5, 5.41) is 0. The van der Waals surface area contributed by atoms with E-state index < -0.39 is 17.6 Å². The van der Waals surface area contributed by atoms with E-state index in [-0.39, 0.29) is 11.7 Å². The monoisotopic (exact) mass is 340 g/mol. The van der Waals surface area contributed by atoms with Gasteiger partial charge in [0.05, 0.1) is 5.56 Å². The molecule has 0 fully saturated rings. The first kappa shape index (κ1) is 20.6. The summed E-state index contributed by atoms with van der Waals surface area (Å²) < 4.78 is 32.0. The lowest BCUT2D eigenvalue weighted by molar-refractivity contribution is 0.0248. The highest BCUT2D eigenvalue weighted by molar-refractivity contribution is 5.89. The Kier molecular flexibility index (Phi) is 10.3. The predicted octanol–water partition coefficient (Wildman–Crippen LogP) is 6.43. The number of halogens is 2. The highest BCUT2D eigenvalue weighted by Gasteiger charge is 2.18. The van der Waals surface area contributed by atoms with E-state index >= 15 is 0 Å². The molecule has 0 bridgehead atoms. The molecule has 0 aliphatic carbocycles. The van der Waals surface area contributed by atoms with Gasteiger partial charge in [-0.3, -0.25) is 0 Å². The maximum atomic E-state index is 13.7. The van der Waals surface area contributed by atoms with Gasteiger partial charge in [-0.05, 0) is 31.4 Å². The van der Waals surface area contributed by atoms with Crippen molar-refractivity contribution < 1.29 is 18.3 Å². The maximum Gasteiger partial charge on any atom is 0.341 e. The second-order valence-electron chi connectivity index (χ2n) is 6.35. The van der Waals surface area contributed by atoms with Gasteiger partial charge in [-0.25, -0.2) is 13.6 Å². The van der Waals surface area contributed by atoms with Crippen LogP contribution in [0.5, 0.6) is 0 Å². The Morgan fingerprint density at radius 2 is 1.62 bits per heavy atom. The second kappa shape index (κ2) is 12.0. The van der Waals surface area contributed by atoms with Crippen LogP contribution in [0.25, 0.3) is 0 Å². The number of hydrogen-bond acceptors (Lipinski definition) is 2. The zero-order valence-electron chi connectivity index (χ0n) is 15.0. The van der Waals surface area contributed by atoms with Crippen LogP contribution in [0.2, 0.25) is 0 Å². The van der Waals surface area contributed by atoms with Crippen molar-refractivity contribution in [3.63, 3.8) is 0 Å². The van der Waals surface area contributed by atoms with Crippen LogP contribution in [-0.2, 0) is 4.74 Å². The number of ether oxygens (including phenoxy) is 1. The number of hydrogen-bond donors (Lipinski definition) is 0. The van der Waals surface area contributed by atoms with Gasteiger partial charge in [-0.2, -0.15) is 0 Å². The maximum absolute atomic E-state index is 13.7. The van der Waals surface area contributed by atoms with Crippen molar-refractivity contribution in [3.05, 3.63) is 35.4 Å². The van der Waals surface area contributed by atoms with E-state index in [0.29, 0.717) is 6.07 Å². The fraction of sp³-hybridized carbons (Fsp3) is 0.650. The molecular weight excluding hydrogens is 310 g/mol. The van der Waals surface area contributed by atoms with E-state index in [1.54, 1.807) is 0 Å². The smallest absolute Gasteiger partial charge is 0.341 e. The Bertz CT molecular complexity index is 489. The molecule has 0 aromatic heterocycles. The standard InChI is InChI=1S/C20H30F2O2/c1-3-5-6-7-8-9-10-12-17(11-4-2)24-20(23)18-14-13-16(21)15-19(18)22/h13-15,17H,3-12H2,1-2H3. The molecule has 1 aromatic rings. The van der Waals surface area contributed by atoms with Crippen LogP contribution in [0.3, 0.4) is 0 Å². The van der Waals surface area contributed by atoms with E-state index in [9.17, 15) is 13.6 Å². The largest absolute Gasteiger partial charge is 0.459 e. The second-order valence-corrected chi connectivity index (χ2v) is 6.35. The number of unbranched alkanes of at least 4 members (excludes halogenated alkanes) is 6. The van der Waals surface area contributed by atoms with Gasteiger partial charge >= 0.3 is 5.97 Å². The molecule has 2 nitrogen and oxygen atoms in total. The lowest BCUT2D eigenvalue weighted by Gasteiger charge is -2.17. The van der Waals surface area contributed by atoms with E-state index in [2.05, 4.69) is 6.92 Å². The van der Waals surface area contributed by atoms with Crippen molar-refractivity contribution in [3.8, 4) is 0 Å². The molecule has 0 heterocycles. The average molecular weight is 340 g/mol. The lowest BCUT2D eigenvalue weighted by atomic mass is 10.0. The third kappa shape index (κ3) is 7.89. The fourth-order valence-corrected chi connectivity index (χ4v) is 2.78. The topological polar surface area (TPSA) is 26.3 Å². The van der Waals surface area contributed by atoms with Crippen LogP contribution in [0.4, 0.5) is 8.78 Å². The minimum Gasteiger partial charge on any atom is -0.459 e. The van der Waals surface area contributed by atoms with E-state index in [1.807, 2.05) is 6.92 Å². The molecule has 4 heteroatoms. The predicted molar refractivity (Wildman–Crippen MR) is 93.1 cm³/mol. The summed E-state index contributed by atoms with van der Waals surface area (Å²) >= 11 is 0. The van der Waals surface area contributed by atoms with Gasteiger partial charge in [0.2, 0.25) is 0 Å². The molecule has 24 heavy (non-hydrogen) atoms. The van der Waals surface area contributed by atoms with E-state index in [4.69, 9.17) is 4.74 Å². The highest BCUT2D eigenvalue weighted by atomic mass is 19.1. The Labute approximate surface area is 144 Å². The molecule has 136 valence electrons. The summed E-state index contributed by atoms with van der Waals surface area (Å²) in [4.78, 5) is 12.1. The molecule has 0 radical (unpaired) electrons. The Morgan fingerprint density at radius 3 is 2.25 bits per heavy atom. The van der Waals surface area contributed by atoms with Crippen LogP contribution < -0.4 is 0 Å². The Morgan fingerprint density at radius 1 is 0.958 bits per heavy atom. The zero-order chi connectivity index (χ0) is 17.8. The van der Waals surface area contributed by atoms with E-state index in [0.717, 1.165) is 44.2 Å². The summed E-state index contributed by atoms with van der Waals surface area (Å²) in [5.74, 6) is -2.27. The van der Waals surface area contributed by atoms with Gasteiger partial charge in [0.1, 0.15) is 17.7 Å². The van der Waals surface area contributed by atoms with Crippen molar-refractivity contribution in [2.24, 2.45) is 0 Å². The lowest BCUT2D eigenvalue weighted by Crippen LogP contribution is -2.19. The quantitative estimate of drug-likeness (QED) is 0.324. The first-order valence-corrected chi connectivity index (χ1v) is 9.24. The molecular formula is C20H30F2O2. The average Bonchev–Trinajstić information content (AvgIpc) is 2.54. The highest BCUT2D eigenvalue weighted by Crippen LogP contribution is 2.18. The third-order valence-electron chi connectivity index (χ3n) is 4.17. The molecule has 1 unspecified atom stereocenters. The van der Waals surface area contributed by atoms with Gasteiger partial charge in [0.15, 0.2) is 0 Å². The van der Waals surface area contributed by atoms with E-state index in [1.165, 1.54) is 32.1 Å². The minimum atomic E-state index is -0.869. The van der Waals surface area contributed by atoms with Crippen molar-refractivity contribution in [2.45, 2.75) is 84.2 Å². The molecule has 0 amide bonds. The molecule has 0 saturated carbocycles. The van der Waals surface area contributed by atoms with Crippen molar-refractivity contribution >= 4 is 5.97 Å². The summed E-state index contributed by atoms with van der Waals surface area (Å²) in [6.45, 7) is 4.23. The van der Waals surface area contributed by atoms with Crippen LogP contribution in [-0.4, -0.2) is 12.1 Å². The SMILES string of the molecule is CCCCCCCCCC(CCC)OC(=O)c1ccc(F)cc1F. The molecule has 0 saturated heterocycles. The number of carbonyl (C=O) groups excluding carboxylic acids is 1. The minimum absolute atomic E-state index is 0.192. The summed E-state index contributed by atoms with van der Waals surface area (Å²) in [6, 6.07) is 2.93. The van der Waals surface area contributed by atoms with Gasteiger partial charge in [-0.15, -0.1) is 0 Å². The number of carbonyl (C=O) groups is 1. The Hall–Kier alpha value is -1.45. The number of rotatable bonds is 12. The number of benzene rings is 1. The van der Waals surface area contributed by atoms with Crippen LogP contribution in [0.1, 0.15) is 88.4 Å². The molecule has 1 rings (SSSR count). The summed E-state index contributed by atoms with van der Waals surface area (Å²) in [5.41, 5.74) is -0.197. The first-order chi connectivity index (χ1) is 11.6. The summed E-state index contributed by atoms with van der Waals surface area (Å²) in [6.07, 6.45) is 10.7. The van der Waals surface area contributed by atoms with Gasteiger partial charge < -0.3 is 4.74 Å². The molecule has 0 aliphatic rings. The molecule has 0 spiro atoms. The molecule has 1 aromatic carbocycles. The van der Waals surface area contributed by atoms with Gasteiger partial charge in [0.25, 0.3) is 0 Å². The zero-order valence-corrected chi connectivity index (χ0v) is 15.0.